The van der Waals surface area contributed by atoms with Crippen molar-refractivity contribution in [3.05, 3.63) is 24.0 Å². The Labute approximate surface area is 107 Å². The van der Waals surface area contributed by atoms with Crippen molar-refractivity contribution < 1.29 is 14.7 Å². The minimum absolute atomic E-state index is 0.0258. The van der Waals surface area contributed by atoms with Gasteiger partial charge in [0, 0.05) is 25.3 Å². The molecule has 0 spiro atoms. The van der Waals surface area contributed by atoms with Crippen LogP contribution in [0.5, 0.6) is 0 Å². The third kappa shape index (κ3) is 3.35. The molecule has 0 bridgehead atoms. The van der Waals surface area contributed by atoms with Crippen molar-refractivity contribution >= 4 is 11.9 Å². The van der Waals surface area contributed by atoms with Gasteiger partial charge >= 0.3 is 5.97 Å². The van der Waals surface area contributed by atoms with E-state index in [1.165, 1.54) is 0 Å². The number of rotatable bonds is 6. The van der Waals surface area contributed by atoms with Gasteiger partial charge < -0.3 is 14.6 Å². The average Bonchev–Trinajstić information content (AvgIpc) is 2.77. The molecule has 0 saturated carbocycles. The average molecular weight is 252 g/mol. The van der Waals surface area contributed by atoms with E-state index in [0.29, 0.717) is 12.2 Å². The number of hydrogen-bond acceptors (Lipinski definition) is 2. The summed E-state index contributed by atoms with van der Waals surface area (Å²) in [5.74, 6) is -1.00. The zero-order chi connectivity index (χ0) is 13.7. The molecular formula is C13H20N2O3. The molecule has 0 aliphatic carbocycles. The molecule has 0 unspecified atom stereocenters. The molecule has 0 fully saturated rings. The fraction of sp³-hybridized carbons (Fsp3) is 0.538. The molecular weight excluding hydrogens is 232 g/mol. The van der Waals surface area contributed by atoms with E-state index in [0.717, 1.165) is 0 Å². The van der Waals surface area contributed by atoms with E-state index in [1.807, 2.05) is 37.6 Å². The lowest BCUT2D eigenvalue weighted by Crippen LogP contribution is -2.34. The molecule has 1 amide bonds. The van der Waals surface area contributed by atoms with Gasteiger partial charge in [-0.15, -0.1) is 0 Å². The van der Waals surface area contributed by atoms with E-state index >= 15 is 0 Å². The van der Waals surface area contributed by atoms with Crippen molar-refractivity contribution in [2.45, 2.75) is 33.2 Å². The smallest absolute Gasteiger partial charge is 0.305 e. The lowest BCUT2D eigenvalue weighted by atomic mass is 10.3. The van der Waals surface area contributed by atoms with Gasteiger partial charge in [0.15, 0.2) is 0 Å². The standard InChI is InChI=1S/C13H20N2O3/c1-4-14(9-7-12(16)17)13(18)11-6-5-8-15(11)10(2)3/h5-6,8,10H,4,7,9H2,1-3H3,(H,16,17). The van der Waals surface area contributed by atoms with E-state index in [9.17, 15) is 9.59 Å². The Bertz CT molecular complexity index is 424. The largest absolute Gasteiger partial charge is 0.481 e. The second-order valence-corrected chi connectivity index (χ2v) is 4.42. The molecule has 5 nitrogen and oxygen atoms in total. The second-order valence-electron chi connectivity index (χ2n) is 4.42. The first-order chi connectivity index (χ1) is 8.47. The summed E-state index contributed by atoms with van der Waals surface area (Å²) < 4.78 is 1.89. The summed E-state index contributed by atoms with van der Waals surface area (Å²) in [5.41, 5.74) is 0.609. The lowest BCUT2D eigenvalue weighted by Gasteiger charge is -2.22. The number of aliphatic carboxylic acids is 1. The predicted molar refractivity (Wildman–Crippen MR) is 68.6 cm³/mol. The number of carbonyl (C=O) groups excluding carboxylic acids is 1. The van der Waals surface area contributed by atoms with E-state index in [4.69, 9.17) is 5.11 Å². The van der Waals surface area contributed by atoms with Crippen molar-refractivity contribution in [1.82, 2.24) is 9.47 Å². The Morgan fingerprint density at radius 2 is 2.11 bits per heavy atom. The van der Waals surface area contributed by atoms with Gasteiger partial charge in [0.2, 0.25) is 0 Å². The monoisotopic (exact) mass is 252 g/mol. The summed E-state index contributed by atoms with van der Waals surface area (Å²) in [5, 5.41) is 8.67. The third-order valence-electron chi connectivity index (χ3n) is 2.82. The number of carboxylic acid groups (broad SMARTS) is 1. The van der Waals surface area contributed by atoms with Crippen LogP contribution >= 0.6 is 0 Å². The summed E-state index contributed by atoms with van der Waals surface area (Å²) in [4.78, 5) is 24.4. The Kier molecular flexibility index (Phi) is 4.95. The maximum Gasteiger partial charge on any atom is 0.305 e. The Morgan fingerprint density at radius 1 is 1.44 bits per heavy atom. The molecule has 0 aliphatic rings. The molecule has 0 atom stereocenters. The molecule has 1 aromatic rings. The van der Waals surface area contributed by atoms with Crippen LogP contribution in [0.2, 0.25) is 0 Å². The summed E-state index contributed by atoms with van der Waals surface area (Å²) >= 11 is 0. The molecule has 0 saturated heterocycles. The van der Waals surface area contributed by atoms with Gasteiger partial charge in [-0.1, -0.05) is 0 Å². The van der Waals surface area contributed by atoms with Crippen molar-refractivity contribution in [1.29, 1.82) is 0 Å². The normalized spacial score (nSPS) is 10.7. The van der Waals surface area contributed by atoms with Gasteiger partial charge in [-0.2, -0.15) is 0 Å². The van der Waals surface area contributed by atoms with Crippen LogP contribution in [0.4, 0.5) is 0 Å². The summed E-state index contributed by atoms with van der Waals surface area (Å²) in [6.07, 6.45) is 1.84. The maximum absolute atomic E-state index is 12.3. The molecule has 100 valence electrons. The van der Waals surface area contributed by atoms with Gasteiger partial charge in [0.25, 0.3) is 5.91 Å². The van der Waals surface area contributed by atoms with Gasteiger partial charge in [0.1, 0.15) is 5.69 Å². The van der Waals surface area contributed by atoms with Crippen LogP contribution in [-0.4, -0.2) is 39.5 Å². The highest BCUT2D eigenvalue weighted by molar-refractivity contribution is 5.93. The Morgan fingerprint density at radius 3 is 2.61 bits per heavy atom. The van der Waals surface area contributed by atoms with Crippen molar-refractivity contribution in [3.8, 4) is 0 Å². The van der Waals surface area contributed by atoms with Crippen LogP contribution in [0.15, 0.2) is 18.3 Å². The second kappa shape index (κ2) is 6.23. The van der Waals surface area contributed by atoms with E-state index in [2.05, 4.69) is 0 Å². The minimum Gasteiger partial charge on any atom is -0.481 e. The third-order valence-corrected chi connectivity index (χ3v) is 2.82. The fourth-order valence-corrected chi connectivity index (χ4v) is 1.82. The molecule has 1 heterocycles. The van der Waals surface area contributed by atoms with Crippen molar-refractivity contribution in [3.63, 3.8) is 0 Å². The van der Waals surface area contributed by atoms with E-state index in [1.54, 1.807) is 11.0 Å². The highest BCUT2D eigenvalue weighted by Crippen LogP contribution is 2.13. The number of aromatic nitrogens is 1. The van der Waals surface area contributed by atoms with Crippen LogP contribution in [0.1, 0.15) is 43.7 Å². The first kappa shape index (κ1) is 14.3. The van der Waals surface area contributed by atoms with Gasteiger partial charge in [-0.25, -0.2) is 0 Å². The number of nitrogens with zero attached hydrogens (tertiary/aromatic N) is 2. The Hall–Kier alpha value is -1.78. The quantitative estimate of drug-likeness (QED) is 0.842. The summed E-state index contributed by atoms with van der Waals surface area (Å²) in [7, 11) is 0. The van der Waals surface area contributed by atoms with Crippen LogP contribution < -0.4 is 0 Å². The number of hydrogen-bond donors (Lipinski definition) is 1. The molecule has 5 heteroatoms. The summed E-state index contributed by atoms with van der Waals surface area (Å²) in [6.45, 7) is 6.61. The topological polar surface area (TPSA) is 62.5 Å². The van der Waals surface area contributed by atoms with Crippen molar-refractivity contribution in [2.24, 2.45) is 0 Å². The number of amides is 1. The highest BCUT2D eigenvalue weighted by Gasteiger charge is 2.19. The minimum atomic E-state index is -0.888. The first-order valence-electron chi connectivity index (χ1n) is 6.15. The van der Waals surface area contributed by atoms with Crippen LogP contribution in [0.3, 0.4) is 0 Å². The zero-order valence-electron chi connectivity index (χ0n) is 11.1. The predicted octanol–water partition coefficient (Wildman–Crippen LogP) is 2.01. The molecule has 0 aromatic carbocycles. The first-order valence-corrected chi connectivity index (χ1v) is 6.15. The van der Waals surface area contributed by atoms with E-state index < -0.39 is 5.97 Å². The zero-order valence-corrected chi connectivity index (χ0v) is 11.1. The van der Waals surface area contributed by atoms with Crippen molar-refractivity contribution in [2.75, 3.05) is 13.1 Å². The van der Waals surface area contributed by atoms with Gasteiger partial charge in [0.05, 0.1) is 6.42 Å². The molecule has 1 aromatic heterocycles. The number of carboxylic acids is 1. The van der Waals surface area contributed by atoms with Gasteiger partial charge in [-0.3, -0.25) is 9.59 Å². The molecule has 0 aliphatic heterocycles. The van der Waals surface area contributed by atoms with Crippen LogP contribution in [-0.2, 0) is 4.79 Å². The fourth-order valence-electron chi connectivity index (χ4n) is 1.82. The van der Waals surface area contributed by atoms with Crippen LogP contribution in [0, 0.1) is 0 Å². The van der Waals surface area contributed by atoms with Crippen LogP contribution in [0.25, 0.3) is 0 Å². The van der Waals surface area contributed by atoms with Gasteiger partial charge in [-0.05, 0) is 32.9 Å². The molecule has 0 radical (unpaired) electrons. The number of carbonyl (C=O) groups is 2. The summed E-state index contributed by atoms with van der Waals surface area (Å²) in [6, 6.07) is 3.81. The van der Waals surface area contributed by atoms with E-state index in [-0.39, 0.29) is 24.9 Å². The maximum atomic E-state index is 12.3. The highest BCUT2D eigenvalue weighted by atomic mass is 16.4. The molecule has 18 heavy (non-hydrogen) atoms. The lowest BCUT2D eigenvalue weighted by molar-refractivity contribution is -0.137. The molecule has 1 rings (SSSR count). The SMILES string of the molecule is CCN(CCC(=O)O)C(=O)c1cccn1C(C)C. The Balaban J connectivity index is 2.83. The molecule has 1 N–H and O–H groups in total.